The summed E-state index contributed by atoms with van der Waals surface area (Å²) in [4.78, 5) is 20.7. The van der Waals surface area contributed by atoms with E-state index in [9.17, 15) is 4.79 Å². The van der Waals surface area contributed by atoms with Gasteiger partial charge < -0.3 is 14.7 Å². The van der Waals surface area contributed by atoms with Gasteiger partial charge >= 0.3 is 0 Å². The molecule has 0 N–H and O–H groups in total. The first-order valence-corrected chi connectivity index (χ1v) is 12.4. The van der Waals surface area contributed by atoms with Crippen molar-refractivity contribution in [1.29, 1.82) is 0 Å². The maximum atomic E-state index is 13.0. The van der Waals surface area contributed by atoms with Crippen LogP contribution in [0.15, 0.2) is 53.9 Å². The second-order valence-electron chi connectivity index (χ2n) is 8.48. The van der Waals surface area contributed by atoms with Gasteiger partial charge in [-0.3, -0.25) is 4.79 Å². The van der Waals surface area contributed by atoms with Crippen molar-refractivity contribution in [1.82, 2.24) is 15.1 Å². The number of anilines is 2. The maximum absolute atomic E-state index is 13.0. The van der Waals surface area contributed by atoms with E-state index in [0.717, 1.165) is 48.9 Å². The van der Waals surface area contributed by atoms with Crippen molar-refractivity contribution in [2.45, 2.75) is 25.7 Å². The third kappa shape index (κ3) is 4.63. The van der Waals surface area contributed by atoms with E-state index in [4.69, 9.17) is 0 Å². The van der Waals surface area contributed by atoms with Crippen molar-refractivity contribution in [3.63, 3.8) is 0 Å². The average molecular weight is 448 g/mol. The molecule has 0 bridgehead atoms. The van der Waals surface area contributed by atoms with Gasteiger partial charge in [0.1, 0.15) is 0 Å². The second-order valence-corrected chi connectivity index (χ2v) is 9.43. The van der Waals surface area contributed by atoms with Gasteiger partial charge in [0.15, 0.2) is 11.6 Å². The molecule has 7 heteroatoms. The normalized spacial score (nSPS) is 17.3. The van der Waals surface area contributed by atoms with E-state index in [2.05, 4.69) is 43.6 Å². The summed E-state index contributed by atoms with van der Waals surface area (Å²) in [5.74, 6) is 1.98. The summed E-state index contributed by atoms with van der Waals surface area (Å²) in [6, 6.07) is 16.3. The van der Waals surface area contributed by atoms with Gasteiger partial charge in [-0.25, -0.2) is 0 Å². The van der Waals surface area contributed by atoms with Crippen LogP contribution in [-0.4, -0.2) is 60.3 Å². The highest BCUT2D eigenvalue weighted by atomic mass is 32.1. The van der Waals surface area contributed by atoms with Crippen molar-refractivity contribution >= 4 is 28.9 Å². The van der Waals surface area contributed by atoms with Gasteiger partial charge in [0, 0.05) is 49.7 Å². The molecule has 2 aliphatic heterocycles. The van der Waals surface area contributed by atoms with Crippen molar-refractivity contribution in [2.75, 3.05) is 49.1 Å². The number of hydrogen-bond donors (Lipinski definition) is 0. The molecule has 4 heterocycles. The van der Waals surface area contributed by atoms with E-state index in [1.54, 1.807) is 11.3 Å². The van der Waals surface area contributed by atoms with Crippen LogP contribution < -0.4 is 9.80 Å². The molecule has 3 aromatic rings. The predicted molar refractivity (Wildman–Crippen MR) is 131 cm³/mol. The fourth-order valence-electron chi connectivity index (χ4n) is 4.50. The molecule has 0 saturated carbocycles. The molecule has 0 aliphatic carbocycles. The highest BCUT2D eigenvalue weighted by molar-refractivity contribution is 7.13. The van der Waals surface area contributed by atoms with Crippen molar-refractivity contribution in [2.24, 2.45) is 0 Å². The van der Waals surface area contributed by atoms with Gasteiger partial charge in [0.25, 0.3) is 5.91 Å². The Morgan fingerprint density at radius 1 is 0.719 bits per heavy atom. The number of benzene rings is 1. The Morgan fingerprint density at radius 2 is 1.34 bits per heavy atom. The summed E-state index contributed by atoms with van der Waals surface area (Å²) in [6.45, 7) is 5.09. The highest BCUT2D eigenvalue weighted by Crippen LogP contribution is 2.25. The van der Waals surface area contributed by atoms with Gasteiger partial charge in [-0.2, -0.15) is 0 Å². The molecule has 0 spiro atoms. The molecule has 5 rings (SSSR count). The fraction of sp³-hybridized carbons (Fsp3) is 0.400. The topological polar surface area (TPSA) is 52.6 Å². The van der Waals surface area contributed by atoms with Gasteiger partial charge in [-0.1, -0.05) is 31.0 Å². The Bertz CT molecular complexity index is 1000. The van der Waals surface area contributed by atoms with Crippen LogP contribution in [0.1, 0.15) is 36.0 Å². The van der Waals surface area contributed by atoms with Crippen LogP contribution >= 0.6 is 11.3 Å². The number of amides is 1. The molecule has 1 amide bonds. The van der Waals surface area contributed by atoms with E-state index in [1.807, 2.05) is 35.2 Å². The van der Waals surface area contributed by atoms with E-state index in [1.165, 1.54) is 30.6 Å². The zero-order valence-electron chi connectivity index (χ0n) is 18.3. The van der Waals surface area contributed by atoms with E-state index in [0.29, 0.717) is 13.1 Å². The number of rotatable bonds is 4. The summed E-state index contributed by atoms with van der Waals surface area (Å²) >= 11 is 1.71. The molecule has 1 aromatic carbocycles. The van der Waals surface area contributed by atoms with E-state index >= 15 is 0 Å². The molecule has 2 fully saturated rings. The predicted octanol–water partition coefficient (Wildman–Crippen LogP) is 4.55. The summed E-state index contributed by atoms with van der Waals surface area (Å²) in [5, 5.41) is 11.1. The zero-order valence-corrected chi connectivity index (χ0v) is 19.1. The molecular weight excluding hydrogens is 418 g/mol. The summed E-state index contributed by atoms with van der Waals surface area (Å²) in [5.41, 5.74) is 1.91. The monoisotopic (exact) mass is 447 g/mol. The first kappa shape index (κ1) is 20.9. The Kier molecular flexibility index (Phi) is 6.34. The first-order valence-electron chi connectivity index (χ1n) is 11.5. The molecule has 2 saturated heterocycles. The Labute approximate surface area is 193 Å². The Morgan fingerprint density at radius 3 is 1.91 bits per heavy atom. The van der Waals surface area contributed by atoms with Crippen LogP contribution in [0.2, 0.25) is 0 Å². The molecule has 166 valence electrons. The lowest BCUT2D eigenvalue weighted by Gasteiger charge is -2.35. The zero-order chi connectivity index (χ0) is 21.8. The van der Waals surface area contributed by atoms with Crippen molar-refractivity contribution in [3.8, 4) is 10.4 Å². The quantitative estimate of drug-likeness (QED) is 0.587. The lowest BCUT2D eigenvalue weighted by Crippen LogP contribution is -2.49. The van der Waals surface area contributed by atoms with Crippen molar-refractivity contribution in [3.05, 3.63) is 59.5 Å². The third-order valence-corrected chi connectivity index (χ3v) is 7.31. The second kappa shape index (κ2) is 9.69. The largest absolute Gasteiger partial charge is 0.355 e. The van der Waals surface area contributed by atoms with Gasteiger partial charge in [0.2, 0.25) is 0 Å². The first-order chi connectivity index (χ1) is 15.8. The third-order valence-electron chi connectivity index (χ3n) is 6.39. The fourth-order valence-corrected chi connectivity index (χ4v) is 5.23. The lowest BCUT2D eigenvalue weighted by atomic mass is 10.1. The molecular formula is C25H29N5OS. The molecule has 0 unspecified atom stereocenters. The van der Waals surface area contributed by atoms with Gasteiger partial charge in [-0.15, -0.1) is 21.5 Å². The van der Waals surface area contributed by atoms with Crippen molar-refractivity contribution < 1.29 is 4.79 Å². The van der Waals surface area contributed by atoms with Crippen LogP contribution in [-0.2, 0) is 0 Å². The SMILES string of the molecule is O=C(c1ccc(-c2cccs2)cc1)N1CCN(c2ccc(N3CCCCCC3)nn2)CC1. The molecule has 0 atom stereocenters. The number of carbonyl (C=O) groups is 1. The van der Waals surface area contributed by atoms with Crippen LogP contribution in [0.25, 0.3) is 10.4 Å². The number of thiophene rings is 1. The van der Waals surface area contributed by atoms with Crippen LogP contribution in [0, 0.1) is 0 Å². The number of aromatic nitrogens is 2. The minimum absolute atomic E-state index is 0.102. The summed E-state index contributed by atoms with van der Waals surface area (Å²) in [7, 11) is 0. The van der Waals surface area contributed by atoms with E-state index < -0.39 is 0 Å². The summed E-state index contributed by atoms with van der Waals surface area (Å²) in [6.07, 6.45) is 5.08. The molecule has 0 radical (unpaired) electrons. The maximum Gasteiger partial charge on any atom is 0.253 e. The molecule has 2 aliphatic rings. The molecule has 6 nitrogen and oxygen atoms in total. The molecule has 32 heavy (non-hydrogen) atoms. The van der Waals surface area contributed by atoms with Gasteiger partial charge in [0.05, 0.1) is 0 Å². The highest BCUT2D eigenvalue weighted by Gasteiger charge is 2.23. The standard InChI is InChI=1S/C25H29N5OS/c31-25(21-9-7-20(8-10-21)22-6-5-19-32-22)30-17-15-29(16-18-30)24-12-11-23(26-27-24)28-13-3-1-2-4-14-28/h5-12,19H,1-4,13-18H2. The lowest BCUT2D eigenvalue weighted by molar-refractivity contribution is 0.0746. The van der Waals surface area contributed by atoms with Crippen LogP contribution in [0.5, 0.6) is 0 Å². The summed E-state index contributed by atoms with van der Waals surface area (Å²) < 4.78 is 0. The Hall–Kier alpha value is -2.93. The number of carbonyl (C=O) groups excluding carboxylic acids is 1. The van der Waals surface area contributed by atoms with Crippen LogP contribution in [0.4, 0.5) is 11.6 Å². The van der Waals surface area contributed by atoms with E-state index in [-0.39, 0.29) is 5.91 Å². The van der Waals surface area contributed by atoms with Gasteiger partial charge in [-0.05, 0) is 54.1 Å². The smallest absolute Gasteiger partial charge is 0.253 e. The molecule has 2 aromatic heterocycles. The minimum Gasteiger partial charge on any atom is -0.355 e. The number of hydrogen-bond acceptors (Lipinski definition) is 6. The number of nitrogens with zero attached hydrogens (tertiary/aromatic N) is 5. The van der Waals surface area contributed by atoms with Crippen LogP contribution in [0.3, 0.4) is 0 Å². The Balaban J connectivity index is 1.17. The minimum atomic E-state index is 0.102. The number of piperazine rings is 1. The average Bonchev–Trinajstić information content (AvgIpc) is 3.26.